The summed E-state index contributed by atoms with van der Waals surface area (Å²) in [6.07, 6.45) is 1.26. The molecule has 0 aliphatic carbocycles. The van der Waals surface area contributed by atoms with E-state index >= 15 is 0 Å². The van der Waals surface area contributed by atoms with Crippen molar-refractivity contribution >= 4 is 0 Å². The Morgan fingerprint density at radius 2 is 1.94 bits per heavy atom. The van der Waals surface area contributed by atoms with Crippen molar-refractivity contribution in [3.8, 4) is 5.88 Å². The standard InChI is InChI=1S/C12H10F2N2O2/c1-18-12-10(15-5-6-16-12)11(17)7-3-2-4-8(13)9(7)14/h2-6,11,17H,1H3. The number of benzene rings is 1. The van der Waals surface area contributed by atoms with Gasteiger partial charge in [-0.05, 0) is 6.07 Å². The second kappa shape index (κ2) is 5.05. The monoisotopic (exact) mass is 252 g/mol. The summed E-state index contributed by atoms with van der Waals surface area (Å²) in [5, 5.41) is 10.0. The lowest BCUT2D eigenvalue weighted by Gasteiger charge is -2.13. The molecule has 0 radical (unpaired) electrons. The van der Waals surface area contributed by atoms with Crippen molar-refractivity contribution in [3.05, 3.63) is 53.5 Å². The Morgan fingerprint density at radius 3 is 2.67 bits per heavy atom. The maximum Gasteiger partial charge on any atom is 0.238 e. The molecule has 0 spiro atoms. The number of hydrogen-bond acceptors (Lipinski definition) is 4. The average molecular weight is 252 g/mol. The van der Waals surface area contributed by atoms with Crippen LogP contribution in [-0.4, -0.2) is 22.2 Å². The van der Waals surface area contributed by atoms with Gasteiger partial charge in [0.25, 0.3) is 0 Å². The van der Waals surface area contributed by atoms with E-state index in [1.807, 2.05) is 0 Å². The Hall–Kier alpha value is -2.08. The summed E-state index contributed by atoms with van der Waals surface area (Å²) < 4.78 is 31.5. The Morgan fingerprint density at radius 1 is 1.22 bits per heavy atom. The maximum absolute atomic E-state index is 13.5. The summed E-state index contributed by atoms with van der Waals surface area (Å²) >= 11 is 0. The van der Waals surface area contributed by atoms with Crippen LogP contribution in [0.3, 0.4) is 0 Å². The highest BCUT2D eigenvalue weighted by atomic mass is 19.2. The minimum absolute atomic E-state index is 0.0319. The zero-order valence-corrected chi connectivity index (χ0v) is 9.47. The van der Waals surface area contributed by atoms with Gasteiger partial charge in [0.15, 0.2) is 11.6 Å². The second-order valence-corrected chi connectivity index (χ2v) is 3.50. The number of nitrogens with zero attached hydrogens (tertiary/aromatic N) is 2. The van der Waals surface area contributed by atoms with Crippen LogP contribution in [0.1, 0.15) is 17.4 Å². The average Bonchev–Trinajstić information content (AvgIpc) is 2.41. The van der Waals surface area contributed by atoms with Crippen molar-refractivity contribution < 1.29 is 18.6 Å². The number of aliphatic hydroxyl groups is 1. The lowest BCUT2D eigenvalue weighted by atomic mass is 10.1. The summed E-state index contributed by atoms with van der Waals surface area (Å²) in [6.45, 7) is 0. The molecule has 1 aromatic carbocycles. The van der Waals surface area contributed by atoms with Gasteiger partial charge in [-0.3, -0.25) is 4.98 Å². The zero-order valence-electron chi connectivity index (χ0n) is 9.47. The van der Waals surface area contributed by atoms with Gasteiger partial charge in [0, 0.05) is 18.0 Å². The molecule has 0 fully saturated rings. The first-order valence-electron chi connectivity index (χ1n) is 5.12. The van der Waals surface area contributed by atoms with E-state index in [1.54, 1.807) is 0 Å². The van der Waals surface area contributed by atoms with E-state index in [9.17, 15) is 13.9 Å². The number of halogens is 2. The highest BCUT2D eigenvalue weighted by Crippen LogP contribution is 2.28. The van der Waals surface area contributed by atoms with Crippen molar-refractivity contribution in [2.45, 2.75) is 6.10 Å². The van der Waals surface area contributed by atoms with Gasteiger partial charge in [0.1, 0.15) is 11.8 Å². The Bertz CT molecular complexity index is 564. The van der Waals surface area contributed by atoms with Crippen LogP contribution in [0.25, 0.3) is 0 Å². The van der Waals surface area contributed by atoms with Crippen LogP contribution >= 0.6 is 0 Å². The van der Waals surface area contributed by atoms with E-state index in [2.05, 4.69) is 9.97 Å². The maximum atomic E-state index is 13.5. The van der Waals surface area contributed by atoms with Crippen LogP contribution in [0.15, 0.2) is 30.6 Å². The first-order valence-corrected chi connectivity index (χ1v) is 5.12. The quantitative estimate of drug-likeness (QED) is 0.905. The summed E-state index contributed by atoms with van der Waals surface area (Å²) in [5.41, 5.74) is -0.182. The van der Waals surface area contributed by atoms with Crippen LogP contribution in [0.2, 0.25) is 0 Å². The molecule has 1 N–H and O–H groups in total. The molecule has 4 nitrogen and oxygen atoms in total. The van der Waals surface area contributed by atoms with Gasteiger partial charge in [-0.1, -0.05) is 12.1 Å². The molecule has 1 aromatic heterocycles. The van der Waals surface area contributed by atoms with Crippen molar-refractivity contribution in [1.82, 2.24) is 9.97 Å². The normalized spacial score (nSPS) is 12.2. The third-order valence-corrected chi connectivity index (χ3v) is 2.42. The summed E-state index contributed by atoms with van der Waals surface area (Å²) in [4.78, 5) is 7.70. The fourth-order valence-corrected chi connectivity index (χ4v) is 1.56. The molecule has 0 aliphatic rings. The van der Waals surface area contributed by atoms with Gasteiger partial charge in [-0.25, -0.2) is 13.8 Å². The van der Waals surface area contributed by atoms with E-state index in [0.717, 1.165) is 6.07 Å². The van der Waals surface area contributed by atoms with Crippen molar-refractivity contribution in [2.75, 3.05) is 7.11 Å². The lowest BCUT2D eigenvalue weighted by Crippen LogP contribution is -2.08. The number of hydrogen-bond donors (Lipinski definition) is 1. The highest BCUT2D eigenvalue weighted by Gasteiger charge is 2.22. The molecule has 1 atom stereocenters. The van der Waals surface area contributed by atoms with E-state index in [4.69, 9.17) is 4.74 Å². The Kier molecular flexibility index (Phi) is 3.47. The molecular formula is C12H10F2N2O2. The Labute approximate surface area is 102 Å². The predicted molar refractivity (Wildman–Crippen MR) is 59.0 cm³/mol. The number of aliphatic hydroxyl groups excluding tert-OH is 1. The number of methoxy groups -OCH3 is 1. The molecule has 0 amide bonds. The number of ether oxygens (including phenoxy) is 1. The van der Waals surface area contributed by atoms with E-state index in [-0.39, 0.29) is 17.1 Å². The van der Waals surface area contributed by atoms with Gasteiger partial charge >= 0.3 is 0 Å². The van der Waals surface area contributed by atoms with Crippen LogP contribution in [0.5, 0.6) is 5.88 Å². The SMILES string of the molecule is COc1nccnc1C(O)c1cccc(F)c1F. The largest absolute Gasteiger partial charge is 0.480 e. The van der Waals surface area contributed by atoms with Gasteiger partial charge in [-0.15, -0.1) is 0 Å². The fourth-order valence-electron chi connectivity index (χ4n) is 1.56. The van der Waals surface area contributed by atoms with Crippen LogP contribution in [0.4, 0.5) is 8.78 Å². The fraction of sp³-hybridized carbons (Fsp3) is 0.167. The Balaban J connectivity index is 2.48. The van der Waals surface area contributed by atoms with Gasteiger partial charge in [0.2, 0.25) is 5.88 Å². The minimum Gasteiger partial charge on any atom is -0.480 e. The molecule has 0 aliphatic heterocycles. The van der Waals surface area contributed by atoms with Gasteiger partial charge in [-0.2, -0.15) is 0 Å². The molecule has 1 heterocycles. The smallest absolute Gasteiger partial charge is 0.238 e. The minimum atomic E-state index is -1.44. The molecule has 1 unspecified atom stereocenters. The highest BCUT2D eigenvalue weighted by molar-refractivity contribution is 5.32. The molecule has 0 bridgehead atoms. The van der Waals surface area contributed by atoms with E-state index in [0.29, 0.717) is 0 Å². The topological polar surface area (TPSA) is 55.2 Å². The number of aromatic nitrogens is 2. The summed E-state index contributed by atoms with van der Waals surface area (Å²) in [6, 6.07) is 3.55. The first kappa shape index (κ1) is 12.4. The predicted octanol–water partition coefficient (Wildman–Crippen LogP) is 1.85. The van der Waals surface area contributed by atoms with Crippen molar-refractivity contribution in [3.63, 3.8) is 0 Å². The summed E-state index contributed by atoms with van der Waals surface area (Å²) in [5.74, 6) is -2.08. The molecule has 6 heteroatoms. The van der Waals surface area contributed by atoms with Crippen molar-refractivity contribution in [1.29, 1.82) is 0 Å². The molecule has 2 aromatic rings. The lowest BCUT2D eigenvalue weighted by molar-refractivity contribution is 0.201. The first-order chi connectivity index (χ1) is 8.65. The molecule has 2 rings (SSSR count). The zero-order chi connectivity index (χ0) is 13.1. The molecule has 18 heavy (non-hydrogen) atoms. The van der Waals surface area contributed by atoms with Gasteiger partial charge in [0.05, 0.1) is 7.11 Å². The van der Waals surface area contributed by atoms with Crippen LogP contribution < -0.4 is 4.74 Å². The molecule has 94 valence electrons. The van der Waals surface area contributed by atoms with Gasteiger partial charge < -0.3 is 9.84 Å². The van der Waals surface area contributed by atoms with Crippen molar-refractivity contribution in [2.24, 2.45) is 0 Å². The van der Waals surface area contributed by atoms with Crippen LogP contribution in [0, 0.1) is 11.6 Å². The third-order valence-electron chi connectivity index (χ3n) is 2.42. The third kappa shape index (κ3) is 2.14. The van der Waals surface area contributed by atoms with E-state index in [1.165, 1.54) is 31.6 Å². The molecule has 0 saturated carbocycles. The van der Waals surface area contributed by atoms with E-state index < -0.39 is 17.7 Å². The second-order valence-electron chi connectivity index (χ2n) is 3.50. The van der Waals surface area contributed by atoms with Crippen LogP contribution in [-0.2, 0) is 0 Å². The summed E-state index contributed by atoms with van der Waals surface area (Å²) in [7, 11) is 1.35. The number of rotatable bonds is 3. The molecule has 0 saturated heterocycles. The molecular weight excluding hydrogens is 242 g/mol.